The number of aromatic nitrogens is 2. The fourth-order valence-corrected chi connectivity index (χ4v) is 4.23. The molecule has 0 unspecified atom stereocenters. The smallest absolute Gasteiger partial charge is 0.103 e. The topological polar surface area (TPSA) is 93.8 Å². The molecule has 4 N–H and O–H groups in total. The predicted octanol–water partition coefficient (Wildman–Crippen LogP) is 4.62. The van der Waals surface area contributed by atoms with E-state index in [1.807, 2.05) is 13.1 Å². The summed E-state index contributed by atoms with van der Waals surface area (Å²) in [4.78, 5) is 10.2. The molecule has 0 atom stereocenters. The average Bonchev–Trinajstić information content (AvgIpc) is 3.26. The Labute approximate surface area is 183 Å². The van der Waals surface area contributed by atoms with Crippen LogP contribution in [0.3, 0.4) is 0 Å². The lowest BCUT2D eigenvalue weighted by Crippen LogP contribution is -2.39. The van der Waals surface area contributed by atoms with Crippen LogP contribution in [-0.4, -0.2) is 40.5 Å². The van der Waals surface area contributed by atoms with Gasteiger partial charge in [0.15, 0.2) is 0 Å². The maximum atomic E-state index is 9.71. The van der Waals surface area contributed by atoms with E-state index >= 15 is 0 Å². The Morgan fingerprint density at radius 3 is 2.87 bits per heavy atom. The second-order valence-corrected chi connectivity index (χ2v) is 8.33. The quantitative estimate of drug-likeness (QED) is 0.547. The molecule has 31 heavy (non-hydrogen) atoms. The number of nitrogens with two attached hydrogens (primary N) is 1. The van der Waals surface area contributed by atoms with Gasteiger partial charge in [0, 0.05) is 52.8 Å². The molecule has 0 spiro atoms. The minimum absolute atomic E-state index is 0.358. The van der Waals surface area contributed by atoms with Crippen molar-refractivity contribution in [3.63, 3.8) is 0 Å². The van der Waals surface area contributed by atoms with E-state index in [9.17, 15) is 5.26 Å². The Hall–Kier alpha value is -3.14. The summed E-state index contributed by atoms with van der Waals surface area (Å²) < 4.78 is 0. The lowest BCUT2D eigenvalue weighted by molar-refractivity contribution is 0.217. The highest BCUT2D eigenvalue weighted by Gasteiger charge is 2.15. The molecule has 3 heterocycles. The molecule has 1 aliphatic rings. The molecule has 0 radical (unpaired) electrons. The first kappa shape index (κ1) is 21.1. The molecular weight excluding hydrogens is 384 g/mol. The first-order chi connectivity index (χ1) is 15.1. The van der Waals surface area contributed by atoms with Crippen LogP contribution in [0.1, 0.15) is 41.6 Å². The number of anilines is 2. The first-order valence-electron chi connectivity index (χ1n) is 10.9. The number of nitrogens with zero attached hydrogens (tertiary/aromatic N) is 3. The van der Waals surface area contributed by atoms with Crippen molar-refractivity contribution in [1.29, 1.82) is 5.26 Å². The first-order valence-corrected chi connectivity index (χ1v) is 10.9. The highest BCUT2D eigenvalue weighted by molar-refractivity contribution is 5.90. The van der Waals surface area contributed by atoms with E-state index in [4.69, 9.17) is 5.73 Å². The number of nitriles is 1. The lowest BCUT2D eigenvalue weighted by Gasteiger charge is -2.29. The van der Waals surface area contributed by atoms with Crippen molar-refractivity contribution in [2.45, 2.75) is 39.2 Å². The molecule has 1 saturated heterocycles. The van der Waals surface area contributed by atoms with Gasteiger partial charge in [-0.05, 0) is 70.0 Å². The molecule has 1 fully saturated rings. The van der Waals surface area contributed by atoms with Gasteiger partial charge in [-0.1, -0.05) is 12.2 Å². The summed E-state index contributed by atoms with van der Waals surface area (Å²) in [6.45, 7) is 7.26. The van der Waals surface area contributed by atoms with Gasteiger partial charge in [-0.25, -0.2) is 0 Å². The van der Waals surface area contributed by atoms with E-state index in [2.05, 4.69) is 63.5 Å². The Bertz CT molecular complexity index is 1130. The minimum Gasteiger partial charge on any atom is -0.361 e. The van der Waals surface area contributed by atoms with Gasteiger partial charge in [-0.15, -0.1) is 0 Å². The predicted molar refractivity (Wildman–Crippen MR) is 127 cm³/mol. The second-order valence-electron chi connectivity index (χ2n) is 8.33. The van der Waals surface area contributed by atoms with Gasteiger partial charge in [0.05, 0.1) is 11.3 Å². The van der Waals surface area contributed by atoms with Gasteiger partial charge in [-0.2, -0.15) is 5.26 Å². The van der Waals surface area contributed by atoms with Crippen LogP contribution in [0.4, 0.5) is 11.4 Å². The molecule has 2 aromatic heterocycles. The summed E-state index contributed by atoms with van der Waals surface area (Å²) in [5.41, 5.74) is 12.5. The van der Waals surface area contributed by atoms with E-state index < -0.39 is 0 Å². The Kier molecular flexibility index (Phi) is 6.36. The summed E-state index contributed by atoms with van der Waals surface area (Å²) in [6.07, 6.45) is 11.0. The summed E-state index contributed by atoms with van der Waals surface area (Å²) in [7, 11) is 0. The van der Waals surface area contributed by atoms with Crippen LogP contribution in [-0.2, 0) is 0 Å². The number of benzene rings is 1. The third-order valence-corrected chi connectivity index (χ3v) is 6.23. The Morgan fingerprint density at radius 2 is 2.10 bits per heavy atom. The number of hydrogen-bond donors (Lipinski definition) is 3. The number of pyridine rings is 1. The third kappa shape index (κ3) is 4.63. The molecule has 0 amide bonds. The van der Waals surface area contributed by atoms with Gasteiger partial charge < -0.3 is 20.9 Å². The van der Waals surface area contributed by atoms with Crippen LogP contribution in [0.2, 0.25) is 0 Å². The van der Waals surface area contributed by atoms with Crippen molar-refractivity contribution in [3.8, 4) is 6.07 Å². The van der Waals surface area contributed by atoms with Crippen molar-refractivity contribution >= 4 is 28.4 Å². The molecule has 1 aromatic carbocycles. The van der Waals surface area contributed by atoms with Crippen LogP contribution in [0.5, 0.6) is 0 Å². The molecule has 3 aromatic rings. The minimum atomic E-state index is 0.358. The zero-order valence-electron chi connectivity index (χ0n) is 18.3. The highest BCUT2D eigenvalue weighted by atomic mass is 15.1. The number of rotatable bonds is 6. The fraction of sp³-hybridized carbons (Fsp3) is 0.360. The van der Waals surface area contributed by atoms with E-state index in [1.54, 1.807) is 6.20 Å². The summed E-state index contributed by atoms with van der Waals surface area (Å²) in [5.74, 6) is 0. The lowest BCUT2D eigenvalue weighted by atomic mass is 10.0. The van der Waals surface area contributed by atoms with Gasteiger partial charge >= 0.3 is 0 Å². The third-order valence-electron chi connectivity index (χ3n) is 6.23. The molecule has 160 valence electrons. The van der Waals surface area contributed by atoms with Gasteiger partial charge in [0.25, 0.3) is 0 Å². The molecule has 0 bridgehead atoms. The number of H-pyrrole nitrogens is 1. The van der Waals surface area contributed by atoms with Crippen molar-refractivity contribution in [2.75, 3.05) is 25.0 Å². The summed E-state index contributed by atoms with van der Waals surface area (Å²) in [5, 5.41) is 14.4. The van der Waals surface area contributed by atoms with Gasteiger partial charge in [0.1, 0.15) is 6.07 Å². The fourth-order valence-electron chi connectivity index (χ4n) is 4.23. The maximum Gasteiger partial charge on any atom is 0.103 e. The largest absolute Gasteiger partial charge is 0.361 e. The van der Waals surface area contributed by atoms with Crippen LogP contribution < -0.4 is 11.1 Å². The van der Waals surface area contributed by atoms with Gasteiger partial charge in [0.2, 0.25) is 0 Å². The average molecular weight is 415 g/mol. The van der Waals surface area contributed by atoms with Crippen molar-refractivity contribution in [3.05, 3.63) is 59.1 Å². The summed E-state index contributed by atoms with van der Waals surface area (Å²) >= 11 is 0. The van der Waals surface area contributed by atoms with Crippen LogP contribution in [0, 0.1) is 25.2 Å². The van der Waals surface area contributed by atoms with Gasteiger partial charge in [-0.3, -0.25) is 4.98 Å². The zero-order chi connectivity index (χ0) is 21.8. The molecule has 1 aliphatic heterocycles. The molecule has 6 nitrogen and oxygen atoms in total. The number of fused-ring (bicyclic) bond motifs is 1. The van der Waals surface area contributed by atoms with E-state index in [0.29, 0.717) is 11.6 Å². The molecular formula is C25H30N6. The Balaban J connectivity index is 1.56. The van der Waals surface area contributed by atoms with Crippen LogP contribution >= 0.6 is 0 Å². The standard InChI is InChI=1S/C25H30N6/c1-17-21-8-11-28-24(21)7-6-23(17)30-25-19(15-26)16-29-18(2)22(25)5-3-4-12-31-13-9-20(27)10-14-31/h3,5-8,11,16,20,28H,4,9-10,12-14,27H2,1-2H3,(H,29,30). The molecule has 0 aliphatic carbocycles. The number of piperidine rings is 1. The number of aryl methyl sites for hydroxylation is 2. The number of likely N-dealkylation sites (tertiary alicyclic amines) is 1. The number of hydrogen-bond acceptors (Lipinski definition) is 5. The van der Waals surface area contributed by atoms with Crippen LogP contribution in [0.25, 0.3) is 17.0 Å². The molecule has 4 rings (SSSR count). The van der Waals surface area contributed by atoms with Crippen molar-refractivity contribution in [2.24, 2.45) is 5.73 Å². The van der Waals surface area contributed by atoms with E-state index in [0.717, 1.165) is 72.6 Å². The van der Waals surface area contributed by atoms with E-state index in [1.165, 1.54) is 5.39 Å². The SMILES string of the molecule is Cc1ncc(C#N)c(Nc2ccc3[nH]ccc3c2C)c1C=CCCN1CCC(N)CC1. The maximum absolute atomic E-state index is 9.71. The monoisotopic (exact) mass is 414 g/mol. The zero-order valence-corrected chi connectivity index (χ0v) is 18.3. The van der Waals surface area contributed by atoms with Crippen molar-refractivity contribution < 1.29 is 0 Å². The highest BCUT2D eigenvalue weighted by Crippen LogP contribution is 2.32. The Morgan fingerprint density at radius 1 is 1.29 bits per heavy atom. The van der Waals surface area contributed by atoms with Crippen LogP contribution in [0.15, 0.2) is 36.7 Å². The summed E-state index contributed by atoms with van der Waals surface area (Å²) in [6, 6.07) is 8.85. The molecule has 6 heteroatoms. The normalized spacial score (nSPS) is 15.5. The number of nitrogens with one attached hydrogen (secondary N) is 2. The van der Waals surface area contributed by atoms with Crippen molar-refractivity contribution in [1.82, 2.24) is 14.9 Å². The van der Waals surface area contributed by atoms with E-state index in [-0.39, 0.29) is 0 Å². The molecule has 0 saturated carbocycles. The second kappa shape index (κ2) is 9.34. The number of aromatic amines is 1.